The summed E-state index contributed by atoms with van der Waals surface area (Å²) in [7, 11) is 1.36. The quantitative estimate of drug-likeness (QED) is 0.493. The lowest BCUT2D eigenvalue weighted by atomic mass is 10.1. The van der Waals surface area contributed by atoms with E-state index in [0.29, 0.717) is 12.1 Å². The van der Waals surface area contributed by atoms with Crippen LogP contribution in [0.15, 0.2) is 54.6 Å². The summed E-state index contributed by atoms with van der Waals surface area (Å²) in [6, 6.07) is 14.9. The highest BCUT2D eigenvalue weighted by molar-refractivity contribution is 5.92. The fourth-order valence-electron chi connectivity index (χ4n) is 2.57. The molecule has 1 N–H and O–H groups in total. The second-order valence-electron chi connectivity index (χ2n) is 5.82. The largest absolute Gasteiger partial charge is 0.493 e. The highest BCUT2D eigenvalue weighted by atomic mass is 19.3. The smallest absolute Gasteiger partial charge is 0.387 e. The normalized spacial score (nSPS) is 11.0. The minimum Gasteiger partial charge on any atom is -0.493 e. The first-order valence-corrected chi connectivity index (χ1v) is 8.72. The highest BCUT2D eigenvalue weighted by Gasteiger charge is 2.13. The number of methoxy groups -OCH3 is 1. The van der Waals surface area contributed by atoms with Crippen molar-refractivity contribution in [3.8, 4) is 11.5 Å². The summed E-state index contributed by atoms with van der Waals surface area (Å²) in [6.45, 7) is -2.43. The summed E-state index contributed by atoms with van der Waals surface area (Å²) in [6.07, 6.45) is 5.51. The van der Waals surface area contributed by atoms with Crippen LogP contribution in [-0.4, -0.2) is 26.2 Å². The van der Waals surface area contributed by atoms with Crippen molar-refractivity contribution in [3.05, 3.63) is 65.7 Å². The maximum atomic E-state index is 12.6. The van der Waals surface area contributed by atoms with E-state index in [4.69, 9.17) is 4.74 Å². The van der Waals surface area contributed by atoms with E-state index in [1.165, 1.54) is 30.9 Å². The van der Waals surface area contributed by atoms with Crippen LogP contribution in [0.5, 0.6) is 11.5 Å². The molecule has 2 aromatic rings. The summed E-state index contributed by atoms with van der Waals surface area (Å²) >= 11 is 0. The van der Waals surface area contributed by atoms with Gasteiger partial charge in [-0.15, -0.1) is 0 Å². The predicted molar refractivity (Wildman–Crippen MR) is 101 cm³/mol. The van der Waals surface area contributed by atoms with Crippen LogP contribution in [0.1, 0.15) is 24.0 Å². The molecule has 0 bridgehead atoms. The van der Waals surface area contributed by atoms with Gasteiger partial charge in [0, 0.05) is 18.2 Å². The molecule has 6 heteroatoms. The lowest BCUT2D eigenvalue weighted by Crippen LogP contribution is -2.22. The van der Waals surface area contributed by atoms with Gasteiger partial charge in [0.05, 0.1) is 7.11 Å². The summed E-state index contributed by atoms with van der Waals surface area (Å²) in [5, 5.41) is 2.78. The molecule has 0 spiro atoms. The number of nitrogens with one attached hydrogen (secondary N) is 1. The van der Waals surface area contributed by atoms with Crippen molar-refractivity contribution in [2.75, 3.05) is 13.7 Å². The fourth-order valence-corrected chi connectivity index (χ4v) is 2.57. The molecule has 0 aliphatic rings. The number of ether oxygens (including phenoxy) is 2. The van der Waals surface area contributed by atoms with Crippen LogP contribution < -0.4 is 14.8 Å². The number of benzene rings is 2. The number of unbranched alkanes of at least 4 members (excludes halogenated alkanes) is 1. The molecule has 0 aliphatic carbocycles. The maximum Gasteiger partial charge on any atom is 0.387 e. The number of alkyl halides is 2. The Balaban J connectivity index is 1.82. The maximum absolute atomic E-state index is 12.6. The van der Waals surface area contributed by atoms with Crippen LogP contribution in [0, 0.1) is 0 Å². The van der Waals surface area contributed by atoms with Crippen molar-refractivity contribution in [2.45, 2.75) is 25.9 Å². The standard InChI is InChI=1S/C21H23F2NO3/c1-26-18-12-7-11-17(20(18)27-21(22)23)13-14-19(25)24-15-6-5-10-16-8-3-2-4-9-16/h2-4,7-9,11-14,21H,5-6,10,15H2,1H3,(H,24,25)/b14-13+. The average Bonchev–Trinajstić information content (AvgIpc) is 2.67. The zero-order chi connectivity index (χ0) is 19.5. The van der Waals surface area contributed by atoms with E-state index in [-0.39, 0.29) is 17.4 Å². The van der Waals surface area contributed by atoms with E-state index in [0.717, 1.165) is 19.3 Å². The van der Waals surface area contributed by atoms with Gasteiger partial charge >= 0.3 is 6.61 Å². The Morgan fingerprint density at radius 3 is 2.59 bits per heavy atom. The zero-order valence-electron chi connectivity index (χ0n) is 15.2. The number of hydrogen-bond acceptors (Lipinski definition) is 3. The molecule has 0 saturated heterocycles. The number of carbonyl (C=O) groups is 1. The zero-order valence-corrected chi connectivity index (χ0v) is 15.2. The third-order valence-corrected chi connectivity index (χ3v) is 3.88. The predicted octanol–water partition coefficient (Wildman–Crippen LogP) is 4.45. The Bertz CT molecular complexity index is 748. The molecule has 0 unspecified atom stereocenters. The van der Waals surface area contributed by atoms with E-state index in [2.05, 4.69) is 22.2 Å². The van der Waals surface area contributed by atoms with E-state index in [9.17, 15) is 13.6 Å². The molecule has 0 atom stereocenters. The van der Waals surface area contributed by atoms with Gasteiger partial charge in [0.2, 0.25) is 5.91 Å². The van der Waals surface area contributed by atoms with Crippen molar-refractivity contribution < 1.29 is 23.0 Å². The SMILES string of the molecule is COc1cccc(/C=C/C(=O)NCCCCc2ccccc2)c1OC(F)F. The van der Waals surface area contributed by atoms with Crippen LogP contribution in [0.2, 0.25) is 0 Å². The Labute approximate surface area is 157 Å². The Morgan fingerprint density at radius 1 is 1.11 bits per heavy atom. The van der Waals surface area contributed by atoms with Gasteiger partial charge in [-0.05, 0) is 37.0 Å². The van der Waals surface area contributed by atoms with Gasteiger partial charge in [-0.1, -0.05) is 42.5 Å². The number of rotatable bonds is 10. The lowest BCUT2D eigenvalue weighted by Gasteiger charge is -2.12. The van der Waals surface area contributed by atoms with Crippen LogP contribution in [0.4, 0.5) is 8.78 Å². The van der Waals surface area contributed by atoms with Gasteiger partial charge in [0.25, 0.3) is 0 Å². The molecule has 4 nitrogen and oxygen atoms in total. The van der Waals surface area contributed by atoms with Crippen LogP contribution in [0.3, 0.4) is 0 Å². The second-order valence-corrected chi connectivity index (χ2v) is 5.82. The number of para-hydroxylation sites is 1. The van der Waals surface area contributed by atoms with Crippen LogP contribution in [0.25, 0.3) is 6.08 Å². The number of halogens is 2. The molecule has 2 aromatic carbocycles. The summed E-state index contributed by atoms with van der Waals surface area (Å²) in [5.41, 5.74) is 1.61. The molecular weight excluding hydrogens is 352 g/mol. The number of aryl methyl sites for hydroxylation is 1. The van der Waals surface area contributed by atoms with Crippen LogP contribution in [-0.2, 0) is 11.2 Å². The first-order valence-electron chi connectivity index (χ1n) is 8.72. The van der Waals surface area contributed by atoms with Crippen molar-refractivity contribution in [1.29, 1.82) is 0 Å². The summed E-state index contributed by atoms with van der Waals surface area (Å²) in [4.78, 5) is 11.9. The van der Waals surface area contributed by atoms with Crippen molar-refractivity contribution >= 4 is 12.0 Å². The monoisotopic (exact) mass is 375 g/mol. The minimum absolute atomic E-state index is 0.0955. The first-order chi connectivity index (χ1) is 13.1. The first kappa shape index (κ1) is 20.4. The van der Waals surface area contributed by atoms with E-state index in [1.807, 2.05) is 18.2 Å². The van der Waals surface area contributed by atoms with Gasteiger partial charge in [0.1, 0.15) is 0 Å². The number of hydrogen-bond donors (Lipinski definition) is 1. The van der Waals surface area contributed by atoms with Gasteiger partial charge < -0.3 is 14.8 Å². The Morgan fingerprint density at radius 2 is 1.89 bits per heavy atom. The molecule has 0 saturated carbocycles. The summed E-state index contributed by atoms with van der Waals surface area (Å²) < 4.78 is 34.7. The molecule has 2 rings (SSSR count). The van der Waals surface area contributed by atoms with Crippen molar-refractivity contribution in [2.24, 2.45) is 0 Å². The topological polar surface area (TPSA) is 47.6 Å². The molecular formula is C21H23F2NO3. The molecule has 0 heterocycles. The third-order valence-electron chi connectivity index (χ3n) is 3.88. The average molecular weight is 375 g/mol. The number of amides is 1. The number of carbonyl (C=O) groups excluding carboxylic acids is 1. The Hall–Kier alpha value is -2.89. The molecule has 1 amide bonds. The van der Waals surface area contributed by atoms with Crippen LogP contribution >= 0.6 is 0 Å². The molecule has 0 radical (unpaired) electrons. The van der Waals surface area contributed by atoms with Gasteiger partial charge in [-0.25, -0.2) is 0 Å². The lowest BCUT2D eigenvalue weighted by molar-refractivity contribution is -0.116. The summed E-state index contributed by atoms with van der Waals surface area (Å²) in [5.74, 6) is -0.207. The molecule has 0 aliphatic heterocycles. The van der Waals surface area contributed by atoms with Crippen molar-refractivity contribution in [1.82, 2.24) is 5.32 Å². The molecule has 144 valence electrons. The third kappa shape index (κ3) is 7.09. The molecule has 0 fully saturated rings. The highest BCUT2D eigenvalue weighted by Crippen LogP contribution is 2.33. The van der Waals surface area contributed by atoms with E-state index in [1.54, 1.807) is 12.1 Å². The van der Waals surface area contributed by atoms with Gasteiger partial charge in [0.15, 0.2) is 11.5 Å². The second kappa shape index (κ2) is 11.0. The minimum atomic E-state index is -2.98. The molecule has 27 heavy (non-hydrogen) atoms. The fraction of sp³-hybridized carbons (Fsp3) is 0.286. The molecule has 0 aromatic heterocycles. The van der Waals surface area contributed by atoms with Crippen molar-refractivity contribution in [3.63, 3.8) is 0 Å². The Kier molecular flexibility index (Phi) is 8.29. The van der Waals surface area contributed by atoms with Gasteiger partial charge in [-0.3, -0.25) is 4.79 Å². The van der Waals surface area contributed by atoms with E-state index >= 15 is 0 Å². The van der Waals surface area contributed by atoms with Gasteiger partial charge in [-0.2, -0.15) is 8.78 Å². The van der Waals surface area contributed by atoms with E-state index < -0.39 is 6.61 Å².